The topological polar surface area (TPSA) is 60.5 Å². The smallest absolute Gasteiger partial charge is 0.256 e. The molecule has 3 rings (SSSR count). The lowest BCUT2D eigenvalue weighted by Crippen LogP contribution is -2.14. The van der Waals surface area contributed by atoms with E-state index in [1.807, 2.05) is 24.4 Å². The van der Waals surface area contributed by atoms with E-state index in [1.165, 1.54) is 38.1 Å². The molecule has 0 aliphatic rings. The third kappa shape index (κ3) is 4.63. The normalized spacial score (nSPS) is 10.6. The van der Waals surface area contributed by atoms with Gasteiger partial charge in [-0.1, -0.05) is 12.1 Å². The molecule has 5 nitrogen and oxygen atoms in total. The van der Waals surface area contributed by atoms with Crippen molar-refractivity contribution in [3.05, 3.63) is 63.9 Å². The minimum atomic E-state index is -0.603. The number of rotatable bonds is 7. The van der Waals surface area contributed by atoms with Crippen molar-refractivity contribution in [3.8, 4) is 11.5 Å². The summed E-state index contributed by atoms with van der Waals surface area (Å²) in [7, 11) is 2.88. The number of thiazole rings is 1. The van der Waals surface area contributed by atoms with Crippen LogP contribution in [0.1, 0.15) is 21.1 Å². The lowest BCUT2D eigenvalue weighted by Gasteiger charge is -2.13. The summed E-state index contributed by atoms with van der Waals surface area (Å²) < 4.78 is 24.6. The van der Waals surface area contributed by atoms with Gasteiger partial charge in [-0.05, 0) is 19.1 Å². The Balaban J connectivity index is 1.79. The van der Waals surface area contributed by atoms with Crippen molar-refractivity contribution in [2.45, 2.75) is 17.6 Å². The molecule has 0 unspecified atom stereocenters. The Bertz CT molecular complexity index is 991. The highest BCUT2D eigenvalue weighted by atomic mass is 32.2. The van der Waals surface area contributed by atoms with Crippen LogP contribution in [0.5, 0.6) is 11.5 Å². The molecule has 1 N–H and O–H groups in total. The van der Waals surface area contributed by atoms with Gasteiger partial charge in [0.25, 0.3) is 5.91 Å². The summed E-state index contributed by atoms with van der Waals surface area (Å²) in [6.07, 6.45) is 0. The van der Waals surface area contributed by atoms with Gasteiger partial charge in [-0.2, -0.15) is 0 Å². The molecule has 0 atom stereocenters. The molecule has 0 spiro atoms. The molecule has 0 aliphatic carbocycles. The van der Waals surface area contributed by atoms with Gasteiger partial charge < -0.3 is 14.8 Å². The second kappa shape index (κ2) is 9.07. The Morgan fingerprint density at radius 3 is 2.61 bits per heavy atom. The van der Waals surface area contributed by atoms with Gasteiger partial charge in [-0.3, -0.25) is 4.79 Å². The third-order valence-electron chi connectivity index (χ3n) is 3.90. The van der Waals surface area contributed by atoms with E-state index < -0.39 is 11.7 Å². The molecule has 8 heteroatoms. The number of aromatic nitrogens is 1. The van der Waals surface area contributed by atoms with Gasteiger partial charge in [0.2, 0.25) is 0 Å². The van der Waals surface area contributed by atoms with Crippen LogP contribution in [0.25, 0.3) is 0 Å². The number of nitrogens with zero attached hydrogens (tertiary/aromatic N) is 1. The van der Waals surface area contributed by atoms with E-state index in [2.05, 4.69) is 10.3 Å². The predicted octanol–water partition coefficient (Wildman–Crippen LogP) is 5.15. The molecule has 1 amide bonds. The molecule has 3 aromatic rings. The van der Waals surface area contributed by atoms with Crippen LogP contribution in [0.4, 0.5) is 10.1 Å². The Morgan fingerprint density at radius 2 is 1.93 bits per heavy atom. The van der Waals surface area contributed by atoms with E-state index in [-0.39, 0.29) is 11.4 Å². The van der Waals surface area contributed by atoms with Crippen LogP contribution in [0.2, 0.25) is 0 Å². The highest BCUT2D eigenvalue weighted by molar-refractivity contribution is 7.98. The third-order valence-corrected chi connectivity index (χ3v) is 5.82. The zero-order valence-electron chi connectivity index (χ0n) is 15.6. The van der Waals surface area contributed by atoms with Crippen LogP contribution in [-0.2, 0) is 5.75 Å². The monoisotopic (exact) mass is 418 g/mol. The molecule has 0 radical (unpaired) electrons. The number of aryl methyl sites for hydroxylation is 1. The largest absolute Gasteiger partial charge is 0.493 e. The van der Waals surface area contributed by atoms with Gasteiger partial charge in [-0.25, -0.2) is 9.37 Å². The van der Waals surface area contributed by atoms with Crippen molar-refractivity contribution in [1.29, 1.82) is 0 Å². The van der Waals surface area contributed by atoms with Crippen molar-refractivity contribution < 1.29 is 18.7 Å². The molecule has 28 heavy (non-hydrogen) atoms. The predicted molar refractivity (Wildman–Crippen MR) is 110 cm³/mol. The van der Waals surface area contributed by atoms with E-state index in [1.54, 1.807) is 23.5 Å². The van der Waals surface area contributed by atoms with Crippen LogP contribution in [0.3, 0.4) is 0 Å². The summed E-state index contributed by atoms with van der Waals surface area (Å²) in [6.45, 7) is 1.96. The zero-order chi connectivity index (χ0) is 20.1. The van der Waals surface area contributed by atoms with Crippen LogP contribution in [0.15, 0.2) is 46.7 Å². The number of benzene rings is 2. The molecule has 0 fully saturated rings. The van der Waals surface area contributed by atoms with E-state index in [0.717, 1.165) is 15.6 Å². The van der Waals surface area contributed by atoms with Crippen molar-refractivity contribution in [1.82, 2.24) is 4.98 Å². The molecule has 2 aromatic carbocycles. The quantitative estimate of drug-likeness (QED) is 0.538. The van der Waals surface area contributed by atoms with Gasteiger partial charge >= 0.3 is 0 Å². The number of thioether (sulfide) groups is 1. The number of amides is 1. The van der Waals surface area contributed by atoms with E-state index >= 15 is 0 Å². The summed E-state index contributed by atoms with van der Waals surface area (Å²) in [6, 6.07) is 9.80. The highest BCUT2D eigenvalue weighted by Crippen LogP contribution is 2.33. The van der Waals surface area contributed by atoms with Gasteiger partial charge in [-0.15, -0.1) is 23.1 Å². The SMILES string of the molecule is COc1cc(F)c(NC(=O)c2ccccc2SCc2csc(C)n2)cc1OC. The summed E-state index contributed by atoms with van der Waals surface area (Å²) in [5.74, 6) is 0.241. The van der Waals surface area contributed by atoms with E-state index in [9.17, 15) is 9.18 Å². The molecule has 0 bridgehead atoms. The first kappa shape index (κ1) is 20.2. The molecule has 0 saturated heterocycles. The summed E-state index contributed by atoms with van der Waals surface area (Å²) in [5, 5.41) is 5.63. The number of carbonyl (C=O) groups excluding carboxylic acids is 1. The fourth-order valence-corrected chi connectivity index (χ4v) is 4.21. The van der Waals surface area contributed by atoms with Crippen molar-refractivity contribution in [2.24, 2.45) is 0 Å². The molecule has 1 aromatic heterocycles. The van der Waals surface area contributed by atoms with E-state index in [0.29, 0.717) is 17.1 Å². The maximum atomic E-state index is 14.3. The standard InChI is InChI=1S/C20H19FN2O3S2/c1-12-22-13(10-27-12)11-28-19-7-5-4-6-14(19)20(24)23-16-9-18(26-3)17(25-2)8-15(16)21/h4-10H,11H2,1-3H3,(H,23,24). The number of halogens is 1. The maximum Gasteiger partial charge on any atom is 0.256 e. The Labute approximate surface area is 170 Å². The molecular formula is C20H19FN2O3S2. The summed E-state index contributed by atoms with van der Waals surface area (Å²) >= 11 is 3.11. The Hall–Kier alpha value is -2.58. The van der Waals surface area contributed by atoms with Crippen molar-refractivity contribution in [3.63, 3.8) is 0 Å². The highest BCUT2D eigenvalue weighted by Gasteiger charge is 2.17. The summed E-state index contributed by atoms with van der Waals surface area (Å²) in [4.78, 5) is 18.0. The number of anilines is 1. The van der Waals surface area contributed by atoms with Crippen molar-refractivity contribution in [2.75, 3.05) is 19.5 Å². The van der Waals surface area contributed by atoms with Gasteiger partial charge in [0, 0.05) is 28.2 Å². The first-order chi connectivity index (χ1) is 13.5. The molecule has 1 heterocycles. The van der Waals surface area contributed by atoms with Crippen LogP contribution < -0.4 is 14.8 Å². The number of hydrogen-bond donors (Lipinski definition) is 1. The molecule has 0 saturated carbocycles. The van der Waals surface area contributed by atoms with Gasteiger partial charge in [0.1, 0.15) is 0 Å². The van der Waals surface area contributed by atoms with Crippen LogP contribution in [0, 0.1) is 12.7 Å². The van der Waals surface area contributed by atoms with Gasteiger partial charge in [0.05, 0.1) is 36.2 Å². The van der Waals surface area contributed by atoms with Crippen molar-refractivity contribution >= 4 is 34.7 Å². The number of carbonyl (C=O) groups is 1. The second-order valence-corrected chi connectivity index (χ2v) is 7.86. The Morgan fingerprint density at radius 1 is 1.21 bits per heavy atom. The lowest BCUT2D eigenvalue weighted by atomic mass is 10.2. The Kier molecular flexibility index (Phi) is 6.53. The zero-order valence-corrected chi connectivity index (χ0v) is 17.2. The first-order valence-corrected chi connectivity index (χ1v) is 10.2. The van der Waals surface area contributed by atoms with E-state index in [4.69, 9.17) is 9.47 Å². The minimum Gasteiger partial charge on any atom is -0.493 e. The number of hydrogen-bond acceptors (Lipinski definition) is 6. The molecule has 146 valence electrons. The maximum absolute atomic E-state index is 14.3. The fraction of sp³-hybridized carbons (Fsp3) is 0.200. The molecular weight excluding hydrogens is 399 g/mol. The number of ether oxygens (including phenoxy) is 2. The lowest BCUT2D eigenvalue weighted by molar-refractivity contribution is 0.102. The number of nitrogens with one attached hydrogen (secondary N) is 1. The molecule has 0 aliphatic heterocycles. The number of methoxy groups -OCH3 is 2. The minimum absolute atomic E-state index is 0.0255. The van der Waals surface area contributed by atoms with Gasteiger partial charge in [0.15, 0.2) is 17.3 Å². The van der Waals surface area contributed by atoms with Crippen LogP contribution >= 0.6 is 23.1 Å². The first-order valence-electron chi connectivity index (χ1n) is 8.37. The fourth-order valence-electron chi connectivity index (χ4n) is 2.55. The van der Waals surface area contributed by atoms with Crippen LogP contribution in [-0.4, -0.2) is 25.1 Å². The average molecular weight is 419 g/mol. The summed E-state index contributed by atoms with van der Waals surface area (Å²) in [5.41, 5.74) is 1.46. The second-order valence-electron chi connectivity index (χ2n) is 5.78. The average Bonchev–Trinajstić information content (AvgIpc) is 3.12.